The van der Waals surface area contributed by atoms with E-state index in [0.29, 0.717) is 6.61 Å². The molecule has 22 heavy (non-hydrogen) atoms. The maximum atomic E-state index is 11.5. The third kappa shape index (κ3) is 8.26. The molecule has 122 valence electrons. The molecule has 0 aliphatic heterocycles. The predicted molar refractivity (Wildman–Crippen MR) is 80.9 cm³/mol. The molecule has 1 unspecified atom stereocenters. The maximum absolute atomic E-state index is 11.5. The first-order valence-electron chi connectivity index (χ1n) is 7.42. The number of aliphatic hydroxyl groups is 1. The van der Waals surface area contributed by atoms with Crippen LogP contribution in [0.5, 0.6) is 0 Å². The van der Waals surface area contributed by atoms with Crippen molar-refractivity contribution in [3.8, 4) is 0 Å². The van der Waals surface area contributed by atoms with Gasteiger partial charge in [-0.3, -0.25) is 10.1 Å². The van der Waals surface area contributed by atoms with E-state index in [4.69, 9.17) is 9.47 Å². The summed E-state index contributed by atoms with van der Waals surface area (Å²) in [4.78, 5) is 22.8. The number of nitrogens with one attached hydrogen (secondary N) is 1. The number of carbonyl (C=O) groups is 2. The zero-order valence-corrected chi connectivity index (χ0v) is 12.8. The van der Waals surface area contributed by atoms with Crippen molar-refractivity contribution in [2.24, 2.45) is 0 Å². The lowest BCUT2D eigenvalue weighted by atomic mass is 10.2. The van der Waals surface area contributed by atoms with Gasteiger partial charge in [0, 0.05) is 12.8 Å². The summed E-state index contributed by atoms with van der Waals surface area (Å²) in [6.07, 6.45) is -0.0185. The summed E-state index contributed by atoms with van der Waals surface area (Å²) in [7, 11) is 0. The number of carbonyl (C=O) groups excluding carboxylic acids is 2. The first-order valence-corrected chi connectivity index (χ1v) is 7.42. The smallest absolute Gasteiger partial charge is 0.409 e. The van der Waals surface area contributed by atoms with Crippen molar-refractivity contribution in [1.82, 2.24) is 5.32 Å². The molecule has 0 spiro atoms. The van der Waals surface area contributed by atoms with Gasteiger partial charge in [-0.1, -0.05) is 43.7 Å². The van der Waals surface area contributed by atoms with E-state index in [-0.39, 0.29) is 19.4 Å². The van der Waals surface area contributed by atoms with Crippen LogP contribution in [0.1, 0.15) is 38.2 Å². The van der Waals surface area contributed by atoms with Crippen LogP contribution in [0, 0.1) is 0 Å². The summed E-state index contributed by atoms with van der Waals surface area (Å²) in [6.45, 7) is 2.49. The number of hydrogen-bond acceptors (Lipinski definition) is 5. The van der Waals surface area contributed by atoms with Gasteiger partial charge >= 0.3 is 12.1 Å². The average Bonchev–Trinajstić information content (AvgIpc) is 2.52. The Morgan fingerprint density at radius 2 is 1.95 bits per heavy atom. The molecule has 6 nitrogen and oxygen atoms in total. The number of amides is 1. The van der Waals surface area contributed by atoms with Gasteiger partial charge in [0.1, 0.15) is 12.8 Å². The molecular formula is C16H23NO5. The average molecular weight is 309 g/mol. The molecule has 0 saturated carbocycles. The number of ether oxygens (including phenoxy) is 2. The lowest BCUT2D eigenvalue weighted by Crippen LogP contribution is -2.35. The highest BCUT2D eigenvalue weighted by Crippen LogP contribution is 2.03. The van der Waals surface area contributed by atoms with Crippen molar-refractivity contribution in [3.05, 3.63) is 35.9 Å². The molecule has 1 rings (SSSR count). The topological polar surface area (TPSA) is 84.9 Å². The van der Waals surface area contributed by atoms with Gasteiger partial charge in [-0.25, -0.2) is 4.79 Å². The first kappa shape index (κ1) is 18.0. The van der Waals surface area contributed by atoms with E-state index in [0.717, 1.165) is 18.4 Å². The molecule has 0 heterocycles. The van der Waals surface area contributed by atoms with Gasteiger partial charge in [0.05, 0.1) is 6.61 Å². The van der Waals surface area contributed by atoms with E-state index in [1.54, 1.807) is 0 Å². The number of unbranched alkanes of at least 4 members (excludes halogenated alkanes) is 1. The second kappa shape index (κ2) is 10.6. The second-order valence-corrected chi connectivity index (χ2v) is 4.83. The monoisotopic (exact) mass is 309 g/mol. The van der Waals surface area contributed by atoms with E-state index < -0.39 is 18.3 Å². The van der Waals surface area contributed by atoms with Gasteiger partial charge in [-0.2, -0.15) is 0 Å². The minimum Gasteiger partial charge on any atom is -0.461 e. The predicted octanol–water partition coefficient (Wildman–Crippen LogP) is 2.35. The highest BCUT2D eigenvalue weighted by Gasteiger charge is 2.12. The van der Waals surface area contributed by atoms with Gasteiger partial charge in [-0.15, -0.1) is 0 Å². The first-order chi connectivity index (χ1) is 10.6. The van der Waals surface area contributed by atoms with Crippen LogP contribution in [0.25, 0.3) is 0 Å². The molecule has 0 aliphatic rings. The molecule has 0 fully saturated rings. The molecular weight excluding hydrogens is 286 g/mol. The summed E-state index contributed by atoms with van der Waals surface area (Å²) in [5.74, 6) is -0.427. The van der Waals surface area contributed by atoms with Gasteiger partial charge in [0.15, 0.2) is 0 Å². The number of hydrogen-bond donors (Lipinski definition) is 2. The number of alkyl carbamates (subject to hydrolysis) is 1. The van der Waals surface area contributed by atoms with Crippen LogP contribution in [0.4, 0.5) is 4.79 Å². The largest absolute Gasteiger partial charge is 0.461 e. The third-order valence-corrected chi connectivity index (χ3v) is 2.88. The molecule has 0 aromatic heterocycles. The van der Waals surface area contributed by atoms with Crippen LogP contribution in [-0.4, -0.2) is 30.0 Å². The fraction of sp³-hybridized carbons (Fsp3) is 0.500. The van der Waals surface area contributed by atoms with Crippen molar-refractivity contribution < 1.29 is 24.2 Å². The normalized spacial score (nSPS) is 11.5. The van der Waals surface area contributed by atoms with E-state index in [9.17, 15) is 14.7 Å². The standard InChI is InChI=1S/C16H23NO5/c1-2-3-11-21-16(20)17-14(18)9-10-15(19)22-12-13-7-5-4-6-8-13/h4-8,14,18H,2-3,9-12H2,1H3,(H,17,20). The van der Waals surface area contributed by atoms with Crippen molar-refractivity contribution in [1.29, 1.82) is 0 Å². The quantitative estimate of drug-likeness (QED) is 0.415. The zero-order valence-electron chi connectivity index (χ0n) is 12.8. The fourth-order valence-corrected chi connectivity index (χ4v) is 1.62. The lowest BCUT2D eigenvalue weighted by molar-refractivity contribution is -0.145. The van der Waals surface area contributed by atoms with Crippen LogP contribution in [0.3, 0.4) is 0 Å². The summed E-state index contributed by atoms with van der Waals surface area (Å²) in [5.41, 5.74) is 0.897. The Labute approximate surface area is 130 Å². The Kier molecular flexibility index (Phi) is 8.67. The molecule has 0 saturated heterocycles. The minimum absolute atomic E-state index is 0.0171. The number of esters is 1. The van der Waals surface area contributed by atoms with E-state index in [1.807, 2.05) is 37.3 Å². The molecule has 0 aliphatic carbocycles. The summed E-state index contributed by atoms with van der Waals surface area (Å²) in [6, 6.07) is 9.32. The Morgan fingerprint density at radius 1 is 1.23 bits per heavy atom. The highest BCUT2D eigenvalue weighted by atomic mass is 16.6. The summed E-state index contributed by atoms with van der Waals surface area (Å²) < 4.78 is 9.91. The fourth-order valence-electron chi connectivity index (χ4n) is 1.62. The van der Waals surface area contributed by atoms with E-state index >= 15 is 0 Å². The molecule has 2 N–H and O–H groups in total. The SMILES string of the molecule is CCCCOC(=O)NC(O)CCC(=O)OCc1ccccc1. The van der Waals surface area contributed by atoms with Crippen molar-refractivity contribution in [2.75, 3.05) is 6.61 Å². The molecule has 6 heteroatoms. The van der Waals surface area contributed by atoms with E-state index in [1.165, 1.54) is 0 Å². The second-order valence-electron chi connectivity index (χ2n) is 4.83. The van der Waals surface area contributed by atoms with Crippen LogP contribution in [0.15, 0.2) is 30.3 Å². The highest BCUT2D eigenvalue weighted by molar-refractivity contribution is 5.70. The van der Waals surface area contributed by atoms with Gasteiger partial charge < -0.3 is 14.6 Å². The number of aliphatic hydroxyl groups excluding tert-OH is 1. The van der Waals surface area contributed by atoms with Crippen molar-refractivity contribution in [3.63, 3.8) is 0 Å². The summed E-state index contributed by atoms with van der Waals surface area (Å²) >= 11 is 0. The molecule has 1 aromatic carbocycles. The Balaban J connectivity index is 2.13. The molecule has 1 amide bonds. The molecule has 0 radical (unpaired) electrons. The zero-order chi connectivity index (χ0) is 16.2. The Hall–Kier alpha value is -2.08. The van der Waals surface area contributed by atoms with Crippen LogP contribution in [-0.2, 0) is 20.9 Å². The van der Waals surface area contributed by atoms with Gasteiger partial charge in [0.25, 0.3) is 0 Å². The Morgan fingerprint density at radius 3 is 2.64 bits per heavy atom. The van der Waals surface area contributed by atoms with Crippen LogP contribution < -0.4 is 5.32 Å². The molecule has 0 bridgehead atoms. The molecule has 1 aromatic rings. The number of benzene rings is 1. The maximum Gasteiger partial charge on any atom is 0.409 e. The third-order valence-electron chi connectivity index (χ3n) is 2.88. The number of rotatable bonds is 9. The van der Waals surface area contributed by atoms with E-state index in [2.05, 4.69) is 5.32 Å². The van der Waals surface area contributed by atoms with Gasteiger partial charge in [-0.05, 0) is 12.0 Å². The van der Waals surface area contributed by atoms with Crippen LogP contribution >= 0.6 is 0 Å². The van der Waals surface area contributed by atoms with Crippen molar-refractivity contribution >= 4 is 12.1 Å². The molecule has 1 atom stereocenters. The summed E-state index contributed by atoms with van der Waals surface area (Å²) in [5, 5.41) is 11.8. The Bertz CT molecular complexity index is 449. The minimum atomic E-state index is -1.13. The lowest BCUT2D eigenvalue weighted by Gasteiger charge is -2.12. The van der Waals surface area contributed by atoms with Crippen molar-refractivity contribution in [2.45, 2.75) is 45.4 Å². The van der Waals surface area contributed by atoms with Crippen LogP contribution in [0.2, 0.25) is 0 Å². The van der Waals surface area contributed by atoms with Gasteiger partial charge in [0.2, 0.25) is 0 Å².